The Bertz CT molecular complexity index is 1430. The van der Waals surface area contributed by atoms with Crippen LogP contribution < -0.4 is 20.2 Å². The van der Waals surface area contributed by atoms with Crippen LogP contribution in [0.1, 0.15) is 43.2 Å². The molecule has 0 bridgehead atoms. The van der Waals surface area contributed by atoms with Gasteiger partial charge >= 0.3 is 16.9 Å². The number of hydrogen-bond acceptors (Lipinski definition) is 10. The van der Waals surface area contributed by atoms with Crippen molar-refractivity contribution >= 4 is 41.1 Å². The largest absolute Gasteiger partial charge is 0.494 e. The summed E-state index contributed by atoms with van der Waals surface area (Å²) in [4.78, 5) is 52.0. The fourth-order valence-electron chi connectivity index (χ4n) is 3.96. The number of aromatic hydroxyl groups is 1. The number of methoxy groups -OCH3 is 1. The van der Waals surface area contributed by atoms with E-state index in [2.05, 4.69) is 15.6 Å². The highest BCUT2D eigenvalue weighted by Gasteiger charge is 2.29. The van der Waals surface area contributed by atoms with Crippen molar-refractivity contribution in [1.29, 1.82) is 0 Å². The Labute approximate surface area is 258 Å². The zero-order chi connectivity index (χ0) is 31.6. The Morgan fingerprint density at radius 3 is 2.09 bits per heavy atom. The van der Waals surface area contributed by atoms with Gasteiger partial charge in [0.15, 0.2) is 0 Å². The first-order valence-corrected chi connectivity index (χ1v) is 15.7. The van der Waals surface area contributed by atoms with E-state index in [-0.39, 0.29) is 17.2 Å². The van der Waals surface area contributed by atoms with Gasteiger partial charge in [-0.2, -0.15) is 11.8 Å². The molecule has 3 aromatic rings. The summed E-state index contributed by atoms with van der Waals surface area (Å²) >= 11 is 2.50. The number of amides is 2. The van der Waals surface area contributed by atoms with Crippen molar-refractivity contribution in [3.63, 3.8) is 0 Å². The van der Waals surface area contributed by atoms with Gasteiger partial charge in [-0.15, -0.1) is 0 Å². The van der Waals surface area contributed by atoms with E-state index in [1.165, 1.54) is 18.9 Å². The monoisotopic (exact) mass is 631 g/mol. The summed E-state index contributed by atoms with van der Waals surface area (Å²) in [7, 11) is 1.25. The Hall–Kier alpha value is -3.97. The molecule has 0 fully saturated rings. The number of thiazole rings is 1. The zero-order valence-electron chi connectivity index (χ0n) is 24.7. The van der Waals surface area contributed by atoms with Gasteiger partial charge in [0.25, 0.3) is 0 Å². The van der Waals surface area contributed by atoms with E-state index in [0.717, 1.165) is 22.5 Å². The van der Waals surface area contributed by atoms with Crippen LogP contribution in [0.2, 0.25) is 0 Å². The highest BCUT2D eigenvalue weighted by Crippen LogP contribution is 2.25. The number of rotatable bonds is 13. The smallest absolute Gasteiger partial charge is 0.408 e. The number of aromatic amines is 1. The molecule has 0 aliphatic heterocycles. The molecular formula is C30H37N3O8S2. The SMILES string of the molecule is COC(=O)C(Cc1ccc(Oc2ccc(Cc3sc(=O)[nH]c3O)cc2)cc1)NC(=O)C(CCSC)NC(=O)OC(C)(C)C. The number of alkyl carbamates (subject to hydrolysis) is 1. The predicted octanol–water partition coefficient (Wildman–Crippen LogP) is 4.37. The summed E-state index contributed by atoms with van der Waals surface area (Å²) in [5, 5.41) is 15.1. The molecule has 0 saturated carbocycles. The molecule has 0 aliphatic carbocycles. The minimum absolute atomic E-state index is 0.114. The zero-order valence-corrected chi connectivity index (χ0v) is 26.4. The molecule has 43 heavy (non-hydrogen) atoms. The highest BCUT2D eigenvalue weighted by atomic mass is 32.2. The number of carbonyl (C=O) groups excluding carboxylic acids is 3. The second-order valence-corrected chi connectivity index (χ2v) is 12.7. The number of ether oxygens (including phenoxy) is 3. The van der Waals surface area contributed by atoms with Crippen LogP contribution in [0.4, 0.5) is 4.79 Å². The van der Waals surface area contributed by atoms with Gasteiger partial charge in [0.2, 0.25) is 11.8 Å². The first-order chi connectivity index (χ1) is 20.4. The molecule has 2 unspecified atom stereocenters. The van der Waals surface area contributed by atoms with Gasteiger partial charge in [-0.3, -0.25) is 14.6 Å². The van der Waals surface area contributed by atoms with Crippen LogP contribution in [0.25, 0.3) is 0 Å². The third kappa shape index (κ3) is 11.0. The van der Waals surface area contributed by atoms with Gasteiger partial charge in [-0.05, 0) is 74.6 Å². The third-order valence-electron chi connectivity index (χ3n) is 6.01. The summed E-state index contributed by atoms with van der Waals surface area (Å²) < 4.78 is 16.1. The lowest BCUT2D eigenvalue weighted by atomic mass is 10.0. The molecule has 3 rings (SSSR count). The van der Waals surface area contributed by atoms with Gasteiger partial charge in [0.1, 0.15) is 29.2 Å². The van der Waals surface area contributed by atoms with Crippen LogP contribution in [-0.2, 0) is 31.9 Å². The van der Waals surface area contributed by atoms with Crippen molar-refractivity contribution in [3.8, 4) is 17.4 Å². The molecule has 2 atom stereocenters. The summed E-state index contributed by atoms with van der Waals surface area (Å²) in [5.41, 5.74) is 0.932. The molecule has 4 N–H and O–H groups in total. The second kappa shape index (κ2) is 15.5. The quantitative estimate of drug-likeness (QED) is 0.201. The second-order valence-electron chi connectivity index (χ2n) is 10.6. The van der Waals surface area contributed by atoms with Crippen molar-refractivity contribution in [2.24, 2.45) is 0 Å². The van der Waals surface area contributed by atoms with Crippen molar-refractivity contribution < 1.29 is 33.7 Å². The molecule has 13 heteroatoms. The van der Waals surface area contributed by atoms with Gasteiger partial charge < -0.3 is 30.0 Å². The van der Waals surface area contributed by atoms with Gasteiger partial charge in [0, 0.05) is 12.8 Å². The molecule has 0 saturated heterocycles. The fraction of sp³-hybridized carbons (Fsp3) is 0.400. The molecule has 2 amide bonds. The average molecular weight is 632 g/mol. The van der Waals surface area contributed by atoms with Crippen LogP contribution in [0, 0.1) is 0 Å². The van der Waals surface area contributed by atoms with E-state index in [0.29, 0.717) is 35.0 Å². The van der Waals surface area contributed by atoms with Crippen molar-refractivity contribution in [3.05, 3.63) is 74.2 Å². The molecule has 232 valence electrons. The topological polar surface area (TPSA) is 156 Å². The van der Waals surface area contributed by atoms with Crippen LogP contribution in [0.15, 0.2) is 53.3 Å². The number of H-pyrrole nitrogens is 1. The van der Waals surface area contributed by atoms with Crippen molar-refractivity contribution in [2.45, 2.75) is 57.7 Å². The summed E-state index contributed by atoms with van der Waals surface area (Å²) in [6, 6.07) is 12.5. The van der Waals surface area contributed by atoms with Crippen molar-refractivity contribution in [1.82, 2.24) is 15.6 Å². The molecule has 11 nitrogen and oxygen atoms in total. The van der Waals surface area contributed by atoms with Crippen LogP contribution in [0.5, 0.6) is 17.4 Å². The minimum atomic E-state index is -0.980. The number of thioether (sulfide) groups is 1. The van der Waals surface area contributed by atoms with E-state index >= 15 is 0 Å². The highest BCUT2D eigenvalue weighted by molar-refractivity contribution is 7.98. The van der Waals surface area contributed by atoms with Crippen LogP contribution in [0.3, 0.4) is 0 Å². The Balaban J connectivity index is 1.62. The minimum Gasteiger partial charge on any atom is -0.494 e. The summed E-state index contributed by atoms with van der Waals surface area (Å²) in [5.74, 6) is 0.527. The molecule has 0 radical (unpaired) electrons. The molecule has 0 aliphatic rings. The number of hydrogen-bond donors (Lipinski definition) is 4. The first kappa shape index (κ1) is 33.5. The summed E-state index contributed by atoms with van der Waals surface area (Å²) in [6.07, 6.45) is 2.10. The van der Waals surface area contributed by atoms with E-state index in [4.69, 9.17) is 14.2 Å². The maximum absolute atomic E-state index is 13.1. The predicted molar refractivity (Wildman–Crippen MR) is 166 cm³/mol. The Morgan fingerprint density at radius 1 is 0.977 bits per heavy atom. The number of esters is 1. The first-order valence-electron chi connectivity index (χ1n) is 13.5. The van der Waals surface area contributed by atoms with Crippen LogP contribution in [-0.4, -0.2) is 64.9 Å². The maximum Gasteiger partial charge on any atom is 0.408 e. The fourth-order valence-corrected chi connectivity index (χ4v) is 5.19. The lowest BCUT2D eigenvalue weighted by Crippen LogP contribution is -2.53. The van der Waals surface area contributed by atoms with Gasteiger partial charge in [-0.1, -0.05) is 35.6 Å². The Morgan fingerprint density at radius 2 is 1.58 bits per heavy atom. The lowest BCUT2D eigenvalue weighted by molar-refractivity contribution is -0.145. The maximum atomic E-state index is 13.1. The summed E-state index contributed by atoms with van der Waals surface area (Å²) in [6.45, 7) is 5.19. The van der Waals surface area contributed by atoms with E-state index in [9.17, 15) is 24.3 Å². The number of aromatic nitrogens is 1. The molecule has 0 spiro atoms. The van der Waals surface area contributed by atoms with E-state index in [1.54, 1.807) is 57.2 Å². The lowest BCUT2D eigenvalue weighted by Gasteiger charge is -2.25. The third-order valence-corrected chi connectivity index (χ3v) is 7.52. The van der Waals surface area contributed by atoms with Crippen molar-refractivity contribution in [2.75, 3.05) is 19.1 Å². The number of nitrogens with one attached hydrogen (secondary N) is 3. The number of benzene rings is 2. The standard InChI is InChI=1S/C30H37N3O8S2/c1-30(2,3)41-28(37)32-22(14-15-42-5)25(34)31-23(27(36)39-4)16-18-6-10-20(11-7-18)40-21-12-8-19(9-13-21)17-24-26(35)33-29(38)43-24/h6-13,22-23,35H,14-17H2,1-5H3,(H,31,34)(H,32,37)(H,33,38). The Kier molecular flexibility index (Phi) is 12.1. The molecule has 2 aromatic carbocycles. The molecular weight excluding hydrogens is 594 g/mol. The van der Waals surface area contributed by atoms with E-state index < -0.39 is 35.7 Å². The van der Waals surface area contributed by atoms with E-state index in [1.807, 2.05) is 18.4 Å². The van der Waals surface area contributed by atoms with Crippen LogP contribution >= 0.6 is 23.1 Å². The molecule has 1 aromatic heterocycles. The average Bonchev–Trinajstić information content (AvgIpc) is 3.26. The molecule has 1 heterocycles. The number of carbonyl (C=O) groups is 3. The normalized spacial score (nSPS) is 12.6. The van der Waals surface area contributed by atoms with Gasteiger partial charge in [0.05, 0.1) is 12.0 Å². The van der Waals surface area contributed by atoms with Gasteiger partial charge in [-0.25, -0.2) is 9.59 Å².